The second-order valence-electron chi connectivity index (χ2n) is 3.64. The van der Waals surface area contributed by atoms with E-state index in [0.717, 1.165) is 24.7 Å². The quantitative estimate of drug-likeness (QED) is 0.722. The van der Waals surface area contributed by atoms with Crippen molar-refractivity contribution in [2.24, 2.45) is 0 Å². The minimum atomic E-state index is 0.150. The van der Waals surface area contributed by atoms with Crippen LogP contribution >= 0.6 is 0 Å². The third-order valence-electron chi connectivity index (χ3n) is 1.88. The predicted octanol–water partition coefficient (Wildman–Crippen LogP) is 2.32. The van der Waals surface area contributed by atoms with E-state index in [1.54, 1.807) is 6.20 Å². The summed E-state index contributed by atoms with van der Waals surface area (Å²) >= 11 is 0. The van der Waals surface area contributed by atoms with Gasteiger partial charge in [0, 0.05) is 19.3 Å². The molecule has 0 fully saturated rings. The van der Waals surface area contributed by atoms with Crippen LogP contribution < -0.4 is 10.1 Å². The summed E-state index contributed by atoms with van der Waals surface area (Å²) in [5.74, 6) is 1.56. The fourth-order valence-corrected chi connectivity index (χ4v) is 1.26. The molecule has 0 radical (unpaired) electrons. The molecule has 1 aromatic heterocycles. The van der Waals surface area contributed by atoms with Crippen LogP contribution in [0.3, 0.4) is 0 Å². The van der Waals surface area contributed by atoms with Gasteiger partial charge < -0.3 is 14.8 Å². The van der Waals surface area contributed by atoms with Gasteiger partial charge in [-0.15, -0.1) is 0 Å². The number of hydrogen-bond donors (Lipinski definition) is 1. The van der Waals surface area contributed by atoms with Crippen molar-refractivity contribution >= 4 is 5.82 Å². The van der Waals surface area contributed by atoms with Gasteiger partial charge in [-0.1, -0.05) is 0 Å². The van der Waals surface area contributed by atoms with E-state index in [1.165, 1.54) is 0 Å². The lowest BCUT2D eigenvalue weighted by Crippen LogP contribution is -2.13. The zero-order chi connectivity index (χ0) is 11.8. The van der Waals surface area contributed by atoms with Crippen LogP contribution in [0.25, 0.3) is 0 Å². The molecule has 90 valence electrons. The monoisotopic (exact) mass is 224 g/mol. The van der Waals surface area contributed by atoms with Crippen LogP contribution in [0.5, 0.6) is 5.75 Å². The van der Waals surface area contributed by atoms with E-state index in [4.69, 9.17) is 9.47 Å². The zero-order valence-electron chi connectivity index (χ0n) is 10.2. The van der Waals surface area contributed by atoms with Crippen molar-refractivity contribution in [1.29, 1.82) is 0 Å². The van der Waals surface area contributed by atoms with Gasteiger partial charge in [0.15, 0.2) is 11.6 Å². The molecule has 0 aliphatic rings. The van der Waals surface area contributed by atoms with Crippen molar-refractivity contribution < 1.29 is 9.47 Å². The SMILES string of the molecule is CCOCCNc1ncccc1OC(C)C. The van der Waals surface area contributed by atoms with E-state index in [2.05, 4.69) is 10.3 Å². The van der Waals surface area contributed by atoms with Gasteiger partial charge in [-0.05, 0) is 32.9 Å². The number of hydrogen-bond acceptors (Lipinski definition) is 4. The normalized spacial score (nSPS) is 10.5. The fourth-order valence-electron chi connectivity index (χ4n) is 1.26. The maximum Gasteiger partial charge on any atom is 0.168 e. The maximum absolute atomic E-state index is 5.64. The average Bonchev–Trinajstić information content (AvgIpc) is 2.26. The van der Waals surface area contributed by atoms with Crippen molar-refractivity contribution in [3.63, 3.8) is 0 Å². The van der Waals surface area contributed by atoms with Gasteiger partial charge in [-0.2, -0.15) is 0 Å². The maximum atomic E-state index is 5.64. The van der Waals surface area contributed by atoms with Crippen LogP contribution in [0.2, 0.25) is 0 Å². The van der Waals surface area contributed by atoms with Crippen LogP contribution in [-0.2, 0) is 4.74 Å². The van der Waals surface area contributed by atoms with Crippen LogP contribution in [0.4, 0.5) is 5.82 Å². The van der Waals surface area contributed by atoms with Gasteiger partial charge in [-0.3, -0.25) is 0 Å². The molecule has 1 aromatic rings. The molecule has 0 aromatic carbocycles. The van der Waals surface area contributed by atoms with E-state index in [-0.39, 0.29) is 6.10 Å². The topological polar surface area (TPSA) is 43.4 Å². The highest BCUT2D eigenvalue weighted by Crippen LogP contribution is 2.21. The van der Waals surface area contributed by atoms with E-state index in [0.29, 0.717) is 6.61 Å². The highest BCUT2D eigenvalue weighted by atomic mass is 16.5. The summed E-state index contributed by atoms with van der Waals surface area (Å²) in [6.07, 6.45) is 1.90. The van der Waals surface area contributed by atoms with Gasteiger partial charge in [0.2, 0.25) is 0 Å². The third kappa shape index (κ3) is 4.49. The van der Waals surface area contributed by atoms with Crippen molar-refractivity contribution in [1.82, 2.24) is 4.98 Å². The molecule has 0 bridgehead atoms. The molecule has 4 nitrogen and oxygen atoms in total. The Hall–Kier alpha value is -1.29. The molecule has 4 heteroatoms. The second kappa shape index (κ2) is 7.06. The highest BCUT2D eigenvalue weighted by molar-refractivity contribution is 5.49. The van der Waals surface area contributed by atoms with Crippen molar-refractivity contribution in [3.05, 3.63) is 18.3 Å². The van der Waals surface area contributed by atoms with Crippen molar-refractivity contribution in [2.75, 3.05) is 25.1 Å². The van der Waals surface area contributed by atoms with E-state index >= 15 is 0 Å². The zero-order valence-corrected chi connectivity index (χ0v) is 10.2. The minimum absolute atomic E-state index is 0.150. The Morgan fingerprint density at radius 2 is 2.25 bits per heavy atom. The largest absolute Gasteiger partial charge is 0.487 e. The Morgan fingerprint density at radius 3 is 2.94 bits per heavy atom. The first-order valence-electron chi connectivity index (χ1n) is 5.67. The molecule has 0 aliphatic heterocycles. The minimum Gasteiger partial charge on any atom is -0.487 e. The molecular weight excluding hydrogens is 204 g/mol. The number of anilines is 1. The summed E-state index contributed by atoms with van der Waals surface area (Å²) < 4.78 is 10.9. The van der Waals surface area contributed by atoms with Gasteiger partial charge in [0.05, 0.1) is 12.7 Å². The van der Waals surface area contributed by atoms with E-state index in [1.807, 2.05) is 32.9 Å². The average molecular weight is 224 g/mol. The lowest BCUT2D eigenvalue weighted by molar-refractivity contribution is 0.158. The summed E-state index contributed by atoms with van der Waals surface area (Å²) in [4.78, 5) is 4.24. The van der Waals surface area contributed by atoms with Crippen LogP contribution in [-0.4, -0.2) is 30.8 Å². The molecule has 1 heterocycles. The number of ether oxygens (including phenoxy) is 2. The Kier molecular flexibility index (Phi) is 5.64. The lowest BCUT2D eigenvalue weighted by atomic mass is 10.4. The van der Waals surface area contributed by atoms with E-state index in [9.17, 15) is 0 Å². The molecule has 1 N–H and O–H groups in total. The molecule has 0 saturated heterocycles. The number of rotatable bonds is 7. The number of nitrogens with zero attached hydrogens (tertiary/aromatic N) is 1. The first-order valence-corrected chi connectivity index (χ1v) is 5.67. The summed E-state index contributed by atoms with van der Waals surface area (Å²) in [6, 6.07) is 3.78. The lowest BCUT2D eigenvalue weighted by Gasteiger charge is -2.14. The Balaban J connectivity index is 2.50. The fraction of sp³-hybridized carbons (Fsp3) is 0.583. The Morgan fingerprint density at radius 1 is 1.44 bits per heavy atom. The Bertz CT molecular complexity index is 303. The van der Waals surface area contributed by atoms with Gasteiger partial charge >= 0.3 is 0 Å². The molecule has 0 aliphatic carbocycles. The number of nitrogens with one attached hydrogen (secondary N) is 1. The molecule has 0 unspecified atom stereocenters. The summed E-state index contributed by atoms with van der Waals surface area (Å²) in [6.45, 7) is 8.12. The van der Waals surface area contributed by atoms with E-state index < -0.39 is 0 Å². The van der Waals surface area contributed by atoms with Gasteiger partial charge in [-0.25, -0.2) is 4.98 Å². The van der Waals surface area contributed by atoms with Crippen LogP contribution in [0.1, 0.15) is 20.8 Å². The molecule has 0 saturated carbocycles. The molecule has 0 amide bonds. The first kappa shape index (κ1) is 12.8. The third-order valence-corrected chi connectivity index (χ3v) is 1.88. The molecule has 1 rings (SSSR count). The van der Waals surface area contributed by atoms with Crippen LogP contribution in [0, 0.1) is 0 Å². The molecule has 0 spiro atoms. The predicted molar refractivity (Wildman–Crippen MR) is 65.0 cm³/mol. The number of aromatic nitrogens is 1. The van der Waals surface area contributed by atoms with Gasteiger partial charge in [0.1, 0.15) is 0 Å². The molecule has 0 atom stereocenters. The van der Waals surface area contributed by atoms with Crippen LogP contribution in [0.15, 0.2) is 18.3 Å². The van der Waals surface area contributed by atoms with Crippen molar-refractivity contribution in [3.8, 4) is 5.75 Å². The number of pyridine rings is 1. The summed E-state index contributed by atoms with van der Waals surface area (Å²) in [7, 11) is 0. The molecular formula is C12H20N2O2. The summed E-state index contributed by atoms with van der Waals surface area (Å²) in [5, 5.41) is 3.19. The highest BCUT2D eigenvalue weighted by Gasteiger charge is 2.05. The smallest absolute Gasteiger partial charge is 0.168 e. The Labute approximate surface area is 97.0 Å². The first-order chi connectivity index (χ1) is 7.74. The van der Waals surface area contributed by atoms with Crippen molar-refractivity contribution in [2.45, 2.75) is 26.9 Å². The van der Waals surface area contributed by atoms with Gasteiger partial charge in [0.25, 0.3) is 0 Å². The summed E-state index contributed by atoms with van der Waals surface area (Å²) in [5.41, 5.74) is 0. The second-order valence-corrected chi connectivity index (χ2v) is 3.64. The standard InChI is InChI=1S/C12H20N2O2/c1-4-15-9-8-14-12-11(16-10(2)3)6-5-7-13-12/h5-7,10H,4,8-9H2,1-3H3,(H,13,14). The molecule has 16 heavy (non-hydrogen) atoms.